The number of halogens is 2. The number of rotatable bonds is 12. The molecule has 0 aliphatic rings. The van der Waals surface area contributed by atoms with E-state index >= 15 is 0 Å². The summed E-state index contributed by atoms with van der Waals surface area (Å²) in [5.41, 5.74) is 2.60. The molecule has 230 valence electrons. The number of nitrogens with one attached hydrogen (secondary N) is 1. The number of hydrogen-bond acceptors (Lipinski definition) is 4. The van der Waals surface area contributed by atoms with Crippen molar-refractivity contribution in [2.45, 2.75) is 50.7 Å². The van der Waals surface area contributed by atoms with Crippen LogP contribution in [0.15, 0.2) is 108 Å². The largest absolute Gasteiger partial charge is 0.352 e. The molecule has 0 saturated heterocycles. The van der Waals surface area contributed by atoms with Crippen molar-refractivity contribution in [3.63, 3.8) is 0 Å². The maximum atomic E-state index is 14.5. The van der Waals surface area contributed by atoms with E-state index in [1.807, 2.05) is 57.2 Å². The first-order chi connectivity index (χ1) is 21.0. The molecule has 0 heterocycles. The monoisotopic (exact) mass is 651 g/mol. The molecule has 0 aliphatic heterocycles. The van der Waals surface area contributed by atoms with Gasteiger partial charge in [-0.15, -0.1) is 0 Å². The summed E-state index contributed by atoms with van der Waals surface area (Å²) in [7, 11) is -4.22. The minimum absolute atomic E-state index is 0.00975. The lowest BCUT2D eigenvalue weighted by molar-refractivity contribution is -0.140. The number of aryl methyl sites for hydroxylation is 1. The summed E-state index contributed by atoms with van der Waals surface area (Å²) in [6.07, 6.45) is 0.212. The Morgan fingerprint density at radius 1 is 0.841 bits per heavy atom. The number of hydrogen-bond donors (Lipinski definition) is 1. The predicted molar refractivity (Wildman–Crippen MR) is 176 cm³/mol. The van der Waals surface area contributed by atoms with E-state index in [1.165, 1.54) is 29.2 Å². The Kier molecular flexibility index (Phi) is 11.1. The molecular weight excluding hydrogens is 617 g/mol. The number of nitrogens with zero attached hydrogens (tertiary/aromatic N) is 2. The Balaban J connectivity index is 1.82. The number of amides is 2. The predicted octanol–water partition coefficient (Wildman–Crippen LogP) is 6.66. The second kappa shape index (κ2) is 14.8. The third kappa shape index (κ3) is 8.40. The summed E-state index contributed by atoms with van der Waals surface area (Å²) in [6, 6.07) is 28.0. The summed E-state index contributed by atoms with van der Waals surface area (Å²) in [4.78, 5) is 29.6. The average molecular weight is 653 g/mol. The van der Waals surface area contributed by atoms with E-state index in [9.17, 15) is 18.0 Å². The van der Waals surface area contributed by atoms with Crippen LogP contribution in [0.4, 0.5) is 5.69 Å². The van der Waals surface area contributed by atoms with E-state index in [2.05, 4.69) is 5.32 Å². The van der Waals surface area contributed by atoms with E-state index in [4.69, 9.17) is 23.2 Å². The van der Waals surface area contributed by atoms with Crippen LogP contribution in [0, 0.1) is 6.92 Å². The van der Waals surface area contributed by atoms with Crippen LogP contribution in [-0.2, 0) is 32.6 Å². The molecule has 4 aromatic rings. The zero-order valence-corrected chi connectivity index (χ0v) is 27.1. The number of sulfonamides is 1. The molecule has 0 saturated carbocycles. The maximum absolute atomic E-state index is 14.5. The minimum atomic E-state index is -4.22. The summed E-state index contributed by atoms with van der Waals surface area (Å²) < 4.78 is 29.2. The van der Waals surface area contributed by atoms with Crippen LogP contribution in [0.5, 0.6) is 0 Å². The van der Waals surface area contributed by atoms with Gasteiger partial charge in [0.15, 0.2) is 0 Å². The molecular formula is C34H35Cl2N3O4S. The van der Waals surface area contributed by atoms with E-state index < -0.39 is 28.5 Å². The van der Waals surface area contributed by atoms with Crippen LogP contribution in [0.2, 0.25) is 10.0 Å². The van der Waals surface area contributed by atoms with Crippen molar-refractivity contribution >= 4 is 50.7 Å². The fourth-order valence-corrected chi connectivity index (χ4v) is 6.52. The van der Waals surface area contributed by atoms with Gasteiger partial charge in [-0.1, -0.05) is 83.9 Å². The molecule has 1 N–H and O–H groups in total. The lowest BCUT2D eigenvalue weighted by Crippen LogP contribution is -2.54. The lowest BCUT2D eigenvalue weighted by atomic mass is 10.0. The van der Waals surface area contributed by atoms with Crippen molar-refractivity contribution in [1.29, 1.82) is 0 Å². The summed E-state index contributed by atoms with van der Waals surface area (Å²) in [5.74, 6) is -0.921. The molecule has 2 amide bonds. The molecule has 7 nitrogen and oxygen atoms in total. The van der Waals surface area contributed by atoms with E-state index in [0.717, 1.165) is 15.4 Å². The topological polar surface area (TPSA) is 86.8 Å². The lowest BCUT2D eigenvalue weighted by Gasteiger charge is -2.34. The van der Waals surface area contributed by atoms with Crippen molar-refractivity contribution in [2.75, 3.05) is 10.8 Å². The highest BCUT2D eigenvalue weighted by atomic mass is 35.5. The first-order valence-electron chi connectivity index (χ1n) is 14.2. The van der Waals surface area contributed by atoms with E-state index in [1.54, 1.807) is 42.5 Å². The van der Waals surface area contributed by atoms with Gasteiger partial charge in [0.1, 0.15) is 12.6 Å². The fraction of sp³-hybridized carbons (Fsp3) is 0.235. The SMILES string of the molecule is Cc1cccc(N(CC(=O)N(Cc2ccccc2Cl)[C@@H](Cc2ccccc2)C(=O)NC(C)C)S(=O)(=O)c2ccc(Cl)cc2)c1. The number of carbonyl (C=O) groups is 2. The smallest absolute Gasteiger partial charge is 0.264 e. The van der Waals surface area contributed by atoms with Crippen LogP contribution in [0.1, 0.15) is 30.5 Å². The van der Waals surface area contributed by atoms with Gasteiger partial charge in [0, 0.05) is 29.1 Å². The highest BCUT2D eigenvalue weighted by molar-refractivity contribution is 7.92. The molecule has 0 aromatic heterocycles. The first-order valence-corrected chi connectivity index (χ1v) is 16.4. The van der Waals surface area contributed by atoms with Gasteiger partial charge in [-0.2, -0.15) is 0 Å². The van der Waals surface area contributed by atoms with Crippen molar-refractivity contribution in [1.82, 2.24) is 10.2 Å². The van der Waals surface area contributed by atoms with Gasteiger partial charge in [-0.05, 0) is 79.9 Å². The Bertz CT molecular complexity index is 1700. The standard InChI is InChI=1S/C34H35Cl2N3O4S/c1-24(2)37-34(41)32(21-26-11-5-4-6-12-26)38(22-27-13-7-8-15-31(27)36)33(40)23-39(29-14-9-10-25(3)20-29)44(42,43)30-18-16-28(35)17-19-30/h4-20,24,32H,21-23H2,1-3H3,(H,37,41)/t32-/m0/s1. The molecule has 1 atom stereocenters. The molecule has 10 heteroatoms. The van der Waals surface area contributed by atoms with Crippen molar-refractivity contribution in [2.24, 2.45) is 0 Å². The molecule has 4 rings (SSSR count). The van der Waals surface area contributed by atoms with Gasteiger partial charge in [0.25, 0.3) is 10.0 Å². The van der Waals surface area contributed by atoms with Crippen molar-refractivity contribution < 1.29 is 18.0 Å². The van der Waals surface area contributed by atoms with Gasteiger partial charge in [0.05, 0.1) is 10.6 Å². The molecule has 0 aliphatic carbocycles. The average Bonchev–Trinajstić information content (AvgIpc) is 2.98. The fourth-order valence-electron chi connectivity index (χ4n) is 4.79. The van der Waals surface area contributed by atoms with E-state index in [0.29, 0.717) is 21.3 Å². The molecule has 0 spiro atoms. The van der Waals surface area contributed by atoms with Crippen LogP contribution in [-0.4, -0.2) is 43.8 Å². The van der Waals surface area contributed by atoms with Crippen LogP contribution < -0.4 is 9.62 Å². The minimum Gasteiger partial charge on any atom is -0.352 e. The first kappa shape index (κ1) is 33.1. The van der Waals surface area contributed by atoms with Crippen molar-refractivity contribution in [3.8, 4) is 0 Å². The third-order valence-corrected chi connectivity index (χ3v) is 9.38. The van der Waals surface area contributed by atoms with Crippen LogP contribution >= 0.6 is 23.2 Å². The number of anilines is 1. The van der Waals surface area contributed by atoms with Gasteiger partial charge >= 0.3 is 0 Å². The quantitative estimate of drug-likeness (QED) is 0.186. The van der Waals surface area contributed by atoms with Gasteiger partial charge in [0.2, 0.25) is 11.8 Å². The van der Waals surface area contributed by atoms with Crippen molar-refractivity contribution in [3.05, 3.63) is 130 Å². The molecule has 0 fully saturated rings. The maximum Gasteiger partial charge on any atom is 0.264 e. The number of benzene rings is 4. The van der Waals surface area contributed by atoms with Crippen LogP contribution in [0.3, 0.4) is 0 Å². The molecule has 0 bridgehead atoms. The summed E-state index contributed by atoms with van der Waals surface area (Å²) in [6.45, 7) is 4.96. The summed E-state index contributed by atoms with van der Waals surface area (Å²) >= 11 is 12.6. The Hall–Kier alpha value is -3.85. The Morgan fingerprint density at radius 3 is 2.14 bits per heavy atom. The zero-order valence-electron chi connectivity index (χ0n) is 24.8. The van der Waals surface area contributed by atoms with Gasteiger partial charge < -0.3 is 10.2 Å². The normalized spacial score (nSPS) is 12.0. The summed E-state index contributed by atoms with van der Waals surface area (Å²) in [5, 5.41) is 3.75. The second-order valence-electron chi connectivity index (χ2n) is 10.8. The highest BCUT2D eigenvalue weighted by Gasteiger charge is 2.35. The zero-order chi connectivity index (χ0) is 31.9. The molecule has 0 unspecified atom stereocenters. The Labute approximate surface area is 269 Å². The second-order valence-corrected chi connectivity index (χ2v) is 13.5. The molecule has 44 heavy (non-hydrogen) atoms. The van der Waals surface area contributed by atoms with Gasteiger partial charge in [-0.25, -0.2) is 8.42 Å². The van der Waals surface area contributed by atoms with Crippen LogP contribution in [0.25, 0.3) is 0 Å². The highest BCUT2D eigenvalue weighted by Crippen LogP contribution is 2.27. The van der Waals surface area contributed by atoms with Gasteiger partial charge in [-0.3, -0.25) is 13.9 Å². The molecule has 0 radical (unpaired) electrons. The number of carbonyl (C=O) groups excluding carboxylic acids is 2. The Morgan fingerprint density at radius 2 is 1.50 bits per heavy atom. The van der Waals surface area contributed by atoms with E-state index in [-0.39, 0.29) is 29.8 Å². The molecule has 4 aromatic carbocycles. The third-order valence-electron chi connectivity index (χ3n) is 6.97.